The van der Waals surface area contributed by atoms with E-state index < -0.39 is 0 Å². The molecule has 2 aromatic carbocycles. The summed E-state index contributed by atoms with van der Waals surface area (Å²) in [5, 5.41) is 3.10. The van der Waals surface area contributed by atoms with Gasteiger partial charge in [0.05, 0.1) is 12.2 Å². The maximum atomic E-state index is 13.1. The molecule has 0 aromatic heterocycles. The molecule has 0 unspecified atom stereocenters. The van der Waals surface area contributed by atoms with Crippen LogP contribution in [0.25, 0.3) is 0 Å². The summed E-state index contributed by atoms with van der Waals surface area (Å²) in [6, 6.07) is 10.9. The normalized spacial score (nSPS) is 19.0. The van der Waals surface area contributed by atoms with E-state index in [-0.39, 0.29) is 11.7 Å². The van der Waals surface area contributed by atoms with Gasteiger partial charge in [-0.05, 0) is 77.4 Å². The van der Waals surface area contributed by atoms with Gasteiger partial charge in [0.15, 0.2) is 0 Å². The summed E-state index contributed by atoms with van der Waals surface area (Å²) in [5.41, 5.74) is 2.85. The van der Waals surface area contributed by atoms with Crippen molar-refractivity contribution in [3.05, 3.63) is 62.5 Å². The van der Waals surface area contributed by atoms with Gasteiger partial charge in [-0.15, -0.1) is 0 Å². The van der Waals surface area contributed by atoms with E-state index >= 15 is 0 Å². The van der Waals surface area contributed by atoms with Crippen molar-refractivity contribution in [2.75, 3.05) is 19.7 Å². The first-order valence-corrected chi connectivity index (χ1v) is 10.4. The second-order valence-corrected chi connectivity index (χ2v) is 8.39. The number of carbonyl (C=O) groups excluding carboxylic acids is 1. The van der Waals surface area contributed by atoms with Crippen LogP contribution in [-0.4, -0.2) is 36.5 Å². The maximum Gasteiger partial charge on any atom is 0.255 e. The predicted octanol–water partition coefficient (Wildman–Crippen LogP) is 3.76. The Bertz CT molecular complexity index is 841. The lowest BCUT2D eigenvalue weighted by Crippen LogP contribution is -2.39. The minimum atomic E-state index is -0.212. The van der Waals surface area contributed by atoms with Gasteiger partial charge in [0.25, 0.3) is 5.91 Å². The van der Waals surface area contributed by atoms with E-state index in [9.17, 15) is 9.18 Å². The standard InChI is InChI=1S/C21H22FIN2O2/c22-16-5-3-14(4-6-16)13-25-8-1-2-18(25)12-24-21(26)19-11-17(23)10-15-7-9-27-20(15)19/h3-6,10-11,18H,1-2,7-9,12-13H2,(H,24,26)/t18-/m0/s1. The highest BCUT2D eigenvalue weighted by Crippen LogP contribution is 2.31. The molecular weight excluding hydrogens is 458 g/mol. The second-order valence-electron chi connectivity index (χ2n) is 7.14. The summed E-state index contributed by atoms with van der Waals surface area (Å²) in [7, 11) is 0. The summed E-state index contributed by atoms with van der Waals surface area (Å²) in [6.45, 7) is 3.03. The molecule has 1 N–H and O–H groups in total. The largest absolute Gasteiger partial charge is 0.492 e. The molecular formula is C21H22FIN2O2. The van der Waals surface area contributed by atoms with Crippen molar-refractivity contribution in [1.29, 1.82) is 0 Å². The van der Waals surface area contributed by atoms with Gasteiger partial charge in [-0.25, -0.2) is 4.39 Å². The summed E-state index contributed by atoms with van der Waals surface area (Å²) in [4.78, 5) is 15.1. The molecule has 0 spiro atoms. The molecule has 2 aromatic rings. The summed E-state index contributed by atoms with van der Waals surface area (Å²) in [6.07, 6.45) is 3.03. The number of likely N-dealkylation sites (tertiary alicyclic amines) is 1. The molecule has 2 aliphatic rings. The van der Waals surface area contributed by atoms with Gasteiger partial charge in [-0.1, -0.05) is 12.1 Å². The molecule has 2 aliphatic heterocycles. The Morgan fingerprint density at radius 1 is 1.30 bits per heavy atom. The summed E-state index contributed by atoms with van der Waals surface area (Å²) < 4.78 is 19.8. The Balaban J connectivity index is 1.39. The molecule has 1 atom stereocenters. The van der Waals surface area contributed by atoms with Crippen LogP contribution in [0.4, 0.5) is 4.39 Å². The van der Waals surface area contributed by atoms with Crippen molar-refractivity contribution in [2.24, 2.45) is 0 Å². The lowest BCUT2D eigenvalue weighted by atomic mass is 10.1. The zero-order valence-corrected chi connectivity index (χ0v) is 17.2. The van der Waals surface area contributed by atoms with Crippen molar-refractivity contribution in [2.45, 2.75) is 31.8 Å². The van der Waals surface area contributed by atoms with Crippen molar-refractivity contribution in [3.8, 4) is 5.75 Å². The number of nitrogens with one attached hydrogen (secondary N) is 1. The highest BCUT2D eigenvalue weighted by Gasteiger charge is 2.26. The van der Waals surface area contributed by atoms with Gasteiger partial charge in [0.1, 0.15) is 11.6 Å². The van der Waals surface area contributed by atoms with Crippen LogP contribution in [0.5, 0.6) is 5.75 Å². The molecule has 27 heavy (non-hydrogen) atoms. The SMILES string of the molecule is O=C(NC[C@@H]1CCCN1Cc1ccc(F)cc1)c1cc(I)cc2c1OCC2. The molecule has 1 saturated heterocycles. The Hall–Kier alpha value is -1.67. The average molecular weight is 480 g/mol. The predicted molar refractivity (Wildman–Crippen MR) is 111 cm³/mol. The Morgan fingerprint density at radius 3 is 2.93 bits per heavy atom. The highest BCUT2D eigenvalue weighted by atomic mass is 127. The monoisotopic (exact) mass is 480 g/mol. The summed E-state index contributed by atoms with van der Waals surface area (Å²) >= 11 is 2.25. The number of benzene rings is 2. The van der Waals surface area contributed by atoms with Crippen molar-refractivity contribution in [1.82, 2.24) is 10.2 Å². The van der Waals surface area contributed by atoms with Crippen LogP contribution in [0.1, 0.15) is 34.3 Å². The van der Waals surface area contributed by atoms with Crippen LogP contribution in [0.2, 0.25) is 0 Å². The number of carbonyl (C=O) groups is 1. The van der Waals surface area contributed by atoms with Crippen LogP contribution in [-0.2, 0) is 13.0 Å². The minimum absolute atomic E-state index is 0.0692. The summed E-state index contributed by atoms with van der Waals surface area (Å²) in [5.74, 6) is 0.457. The number of amides is 1. The Morgan fingerprint density at radius 2 is 2.11 bits per heavy atom. The van der Waals surface area contributed by atoms with E-state index in [1.54, 1.807) is 0 Å². The van der Waals surface area contributed by atoms with Crippen LogP contribution >= 0.6 is 22.6 Å². The first-order valence-electron chi connectivity index (χ1n) is 9.32. The Kier molecular flexibility index (Phi) is 5.63. The van der Waals surface area contributed by atoms with Crippen molar-refractivity contribution >= 4 is 28.5 Å². The molecule has 4 rings (SSSR count). The van der Waals surface area contributed by atoms with Gasteiger partial charge in [0, 0.05) is 29.1 Å². The molecule has 2 heterocycles. The number of halogens is 2. The quantitative estimate of drug-likeness (QED) is 0.663. The fraction of sp³-hybridized carbons (Fsp3) is 0.381. The van der Waals surface area contributed by atoms with Crippen LogP contribution in [0, 0.1) is 9.39 Å². The Labute approximate surface area is 172 Å². The van der Waals surface area contributed by atoms with Gasteiger partial charge in [0.2, 0.25) is 0 Å². The average Bonchev–Trinajstić information content (AvgIpc) is 3.30. The molecule has 0 radical (unpaired) electrons. The number of nitrogens with zero attached hydrogens (tertiary/aromatic N) is 1. The van der Waals surface area contributed by atoms with Gasteiger partial charge in [-0.3, -0.25) is 9.69 Å². The molecule has 0 saturated carbocycles. The van der Waals surface area contributed by atoms with Gasteiger partial charge < -0.3 is 10.1 Å². The molecule has 6 heteroatoms. The smallest absolute Gasteiger partial charge is 0.255 e. The fourth-order valence-corrected chi connectivity index (χ4v) is 4.59. The van der Waals surface area contributed by atoms with Gasteiger partial charge in [-0.2, -0.15) is 0 Å². The first-order chi connectivity index (χ1) is 13.1. The van der Waals surface area contributed by atoms with E-state index in [4.69, 9.17) is 4.74 Å². The number of fused-ring (bicyclic) bond motifs is 1. The van der Waals surface area contributed by atoms with Crippen LogP contribution < -0.4 is 10.1 Å². The molecule has 1 amide bonds. The van der Waals surface area contributed by atoms with E-state index in [1.807, 2.05) is 18.2 Å². The molecule has 4 nitrogen and oxygen atoms in total. The lowest BCUT2D eigenvalue weighted by molar-refractivity contribution is 0.0936. The maximum absolute atomic E-state index is 13.1. The highest BCUT2D eigenvalue weighted by molar-refractivity contribution is 14.1. The number of rotatable bonds is 5. The minimum Gasteiger partial charge on any atom is -0.492 e. The molecule has 1 fully saturated rings. The second kappa shape index (κ2) is 8.14. The third-order valence-electron chi connectivity index (χ3n) is 5.29. The fourth-order valence-electron chi connectivity index (χ4n) is 3.90. The van der Waals surface area contributed by atoms with Crippen molar-refractivity contribution in [3.63, 3.8) is 0 Å². The third kappa shape index (κ3) is 4.27. The molecule has 142 valence electrons. The topological polar surface area (TPSA) is 41.6 Å². The number of ether oxygens (including phenoxy) is 1. The van der Waals surface area contributed by atoms with Crippen LogP contribution in [0.3, 0.4) is 0 Å². The van der Waals surface area contributed by atoms with Gasteiger partial charge >= 0.3 is 0 Å². The number of hydrogen-bond donors (Lipinski definition) is 1. The van der Waals surface area contributed by atoms with E-state index in [1.165, 1.54) is 12.1 Å². The zero-order valence-electron chi connectivity index (χ0n) is 15.0. The van der Waals surface area contributed by atoms with Crippen molar-refractivity contribution < 1.29 is 13.9 Å². The van der Waals surface area contributed by atoms with E-state index in [0.717, 1.165) is 52.8 Å². The molecule has 0 aliphatic carbocycles. The van der Waals surface area contributed by atoms with Crippen LogP contribution in [0.15, 0.2) is 36.4 Å². The first kappa shape index (κ1) is 18.7. The molecule has 0 bridgehead atoms. The van der Waals surface area contributed by atoms with E-state index in [0.29, 0.717) is 24.8 Å². The zero-order chi connectivity index (χ0) is 18.8. The van der Waals surface area contributed by atoms with E-state index in [2.05, 4.69) is 38.9 Å². The third-order valence-corrected chi connectivity index (χ3v) is 5.91. The number of hydrogen-bond acceptors (Lipinski definition) is 3. The lowest BCUT2D eigenvalue weighted by Gasteiger charge is -2.25.